The van der Waals surface area contributed by atoms with E-state index >= 15 is 0 Å². The molecule has 0 spiro atoms. The Morgan fingerprint density at radius 2 is 1.75 bits per heavy atom. The summed E-state index contributed by atoms with van der Waals surface area (Å²) in [6.07, 6.45) is -10.2. The van der Waals surface area contributed by atoms with E-state index in [1.165, 1.54) is 0 Å². The zero-order valence-electron chi connectivity index (χ0n) is 9.61. The van der Waals surface area contributed by atoms with Crippen molar-refractivity contribution in [1.82, 2.24) is 0 Å². The van der Waals surface area contributed by atoms with Gasteiger partial charge in [0.2, 0.25) is 0 Å². The zero-order chi connectivity index (χ0) is 15.6. The number of carbonyl (C=O) groups excluding carboxylic acids is 1. The van der Waals surface area contributed by atoms with Gasteiger partial charge < -0.3 is 4.74 Å². The van der Waals surface area contributed by atoms with E-state index < -0.39 is 35.2 Å². The van der Waals surface area contributed by atoms with E-state index in [0.717, 1.165) is 0 Å². The number of hydrogen-bond acceptors (Lipinski definition) is 2. The summed E-state index contributed by atoms with van der Waals surface area (Å²) in [5.74, 6) is -1.91. The minimum Gasteiger partial charge on any atom is -0.405 e. The maximum absolute atomic E-state index is 12.5. The Hall–Kier alpha value is -1.25. The number of ether oxygens (including phenoxy) is 1. The highest BCUT2D eigenvalue weighted by Gasteiger charge is 2.36. The molecule has 20 heavy (non-hydrogen) atoms. The van der Waals surface area contributed by atoms with Crippen molar-refractivity contribution >= 4 is 21.7 Å². The summed E-state index contributed by atoms with van der Waals surface area (Å²) in [6.45, 7) is 0. The molecule has 0 N–H and O–H groups in total. The van der Waals surface area contributed by atoms with Gasteiger partial charge in [-0.25, -0.2) is 0 Å². The topological polar surface area (TPSA) is 26.3 Å². The number of rotatable bonds is 4. The Kier molecular flexibility index (Phi) is 5.06. The number of benzene rings is 1. The summed E-state index contributed by atoms with van der Waals surface area (Å²) < 4.78 is 77.4. The number of ketones is 1. The molecule has 0 heterocycles. The van der Waals surface area contributed by atoms with Crippen LogP contribution in [0.5, 0.6) is 5.75 Å². The molecule has 0 radical (unpaired) electrons. The molecule has 1 aromatic carbocycles. The van der Waals surface area contributed by atoms with Gasteiger partial charge in [0, 0.05) is 11.8 Å². The highest BCUT2D eigenvalue weighted by atomic mass is 79.9. The van der Waals surface area contributed by atoms with Crippen LogP contribution in [0.25, 0.3) is 0 Å². The Bertz CT molecular complexity index is 495. The normalized spacial score (nSPS) is 12.3. The van der Waals surface area contributed by atoms with Crippen LogP contribution >= 0.6 is 15.9 Å². The molecule has 9 heteroatoms. The second-order valence-electron chi connectivity index (χ2n) is 3.62. The van der Waals surface area contributed by atoms with Gasteiger partial charge in [-0.3, -0.25) is 4.79 Å². The van der Waals surface area contributed by atoms with Crippen molar-refractivity contribution in [3.05, 3.63) is 29.3 Å². The van der Waals surface area contributed by atoms with Gasteiger partial charge in [-0.2, -0.15) is 13.2 Å². The van der Waals surface area contributed by atoms with E-state index in [9.17, 15) is 31.1 Å². The van der Waals surface area contributed by atoms with Gasteiger partial charge in [0.15, 0.2) is 5.78 Å². The first-order valence-corrected chi connectivity index (χ1v) is 6.23. The smallest absolute Gasteiger partial charge is 0.405 e. The number of carbonyl (C=O) groups is 1. The summed E-state index contributed by atoms with van der Waals surface area (Å²) in [5, 5.41) is 0.165. The fraction of sp³-hybridized carbons (Fsp3) is 0.364. The molecule has 0 amide bonds. The van der Waals surface area contributed by atoms with Crippen LogP contribution in [0, 0.1) is 0 Å². The summed E-state index contributed by atoms with van der Waals surface area (Å²) in [4.78, 5) is 11.6. The fourth-order valence-electron chi connectivity index (χ4n) is 1.36. The highest BCUT2D eigenvalue weighted by Crippen LogP contribution is 2.35. The molecule has 2 nitrogen and oxygen atoms in total. The van der Waals surface area contributed by atoms with Gasteiger partial charge in [-0.1, -0.05) is 15.9 Å². The lowest BCUT2D eigenvalue weighted by Crippen LogP contribution is -2.20. The average Bonchev–Trinajstić information content (AvgIpc) is 2.25. The summed E-state index contributed by atoms with van der Waals surface area (Å²) in [6, 6.07) is 1.37. The summed E-state index contributed by atoms with van der Waals surface area (Å²) in [5.41, 5.74) is -1.87. The van der Waals surface area contributed by atoms with Crippen molar-refractivity contribution in [2.75, 3.05) is 5.33 Å². The Morgan fingerprint density at radius 1 is 1.15 bits per heavy atom. The van der Waals surface area contributed by atoms with E-state index in [1.807, 2.05) is 0 Å². The molecular weight excluding hydrogens is 358 g/mol. The lowest BCUT2D eigenvalue weighted by atomic mass is 10.0. The predicted molar refractivity (Wildman–Crippen MR) is 60.9 cm³/mol. The minimum atomic E-state index is -5.19. The first-order chi connectivity index (χ1) is 9.04. The van der Waals surface area contributed by atoms with Crippen LogP contribution in [0.1, 0.15) is 22.3 Å². The molecule has 0 unspecified atom stereocenters. The van der Waals surface area contributed by atoms with Gasteiger partial charge in [-0.15, -0.1) is 13.2 Å². The Morgan fingerprint density at radius 3 is 2.20 bits per heavy atom. The molecule has 0 aliphatic carbocycles. The van der Waals surface area contributed by atoms with E-state index in [2.05, 4.69) is 20.7 Å². The monoisotopic (exact) mass is 364 g/mol. The van der Waals surface area contributed by atoms with E-state index in [-0.39, 0.29) is 17.8 Å². The zero-order valence-corrected chi connectivity index (χ0v) is 11.2. The molecule has 0 fully saturated rings. The number of halogens is 7. The first kappa shape index (κ1) is 16.8. The molecule has 0 aliphatic heterocycles. The molecule has 1 aromatic rings. The van der Waals surface area contributed by atoms with E-state index in [1.54, 1.807) is 0 Å². The second-order valence-corrected chi connectivity index (χ2v) is 4.41. The van der Waals surface area contributed by atoms with Crippen LogP contribution in [0.2, 0.25) is 0 Å². The molecule has 112 valence electrons. The van der Waals surface area contributed by atoms with Crippen LogP contribution in [-0.4, -0.2) is 17.5 Å². The van der Waals surface area contributed by atoms with Crippen LogP contribution in [0.4, 0.5) is 26.3 Å². The number of alkyl halides is 7. The van der Waals surface area contributed by atoms with Crippen molar-refractivity contribution < 1.29 is 35.9 Å². The van der Waals surface area contributed by atoms with Gasteiger partial charge in [-0.05, 0) is 18.2 Å². The van der Waals surface area contributed by atoms with Gasteiger partial charge in [0.1, 0.15) is 5.75 Å². The number of hydrogen-bond donors (Lipinski definition) is 0. The SMILES string of the molecule is O=C(CCBr)c1ccc(C(F)(F)F)cc1OC(F)(F)F. The summed E-state index contributed by atoms with van der Waals surface area (Å²) in [7, 11) is 0. The first-order valence-electron chi connectivity index (χ1n) is 5.11. The third kappa shape index (κ3) is 4.69. The van der Waals surface area contributed by atoms with E-state index in [0.29, 0.717) is 12.1 Å². The Balaban J connectivity index is 3.27. The van der Waals surface area contributed by atoms with Crippen molar-refractivity contribution in [1.29, 1.82) is 0 Å². The third-order valence-electron chi connectivity index (χ3n) is 2.16. The van der Waals surface area contributed by atoms with Crippen molar-refractivity contribution in [2.24, 2.45) is 0 Å². The van der Waals surface area contributed by atoms with Gasteiger partial charge in [0.25, 0.3) is 0 Å². The van der Waals surface area contributed by atoms with Crippen molar-refractivity contribution in [3.8, 4) is 5.75 Å². The van der Waals surface area contributed by atoms with Crippen molar-refractivity contribution in [2.45, 2.75) is 19.0 Å². The maximum Gasteiger partial charge on any atom is 0.573 e. The van der Waals surface area contributed by atoms with E-state index in [4.69, 9.17) is 0 Å². The van der Waals surface area contributed by atoms with Crippen LogP contribution in [0.3, 0.4) is 0 Å². The molecule has 0 saturated heterocycles. The average molecular weight is 365 g/mol. The lowest BCUT2D eigenvalue weighted by Gasteiger charge is -2.15. The van der Waals surface area contributed by atoms with Gasteiger partial charge in [0.05, 0.1) is 11.1 Å². The van der Waals surface area contributed by atoms with Crippen LogP contribution < -0.4 is 4.74 Å². The molecule has 0 saturated carbocycles. The lowest BCUT2D eigenvalue weighted by molar-refractivity contribution is -0.274. The fourth-order valence-corrected chi connectivity index (χ4v) is 1.72. The number of Topliss-reactive ketones (excluding diaryl/α,β-unsaturated/α-hetero) is 1. The van der Waals surface area contributed by atoms with Crippen LogP contribution in [-0.2, 0) is 6.18 Å². The summed E-state index contributed by atoms with van der Waals surface area (Å²) >= 11 is 2.92. The second kappa shape index (κ2) is 6.02. The predicted octanol–water partition coefficient (Wildman–Crippen LogP) is 4.57. The molecule has 0 aliphatic rings. The third-order valence-corrected chi connectivity index (χ3v) is 2.55. The molecule has 1 rings (SSSR count). The quantitative estimate of drug-likeness (QED) is 0.444. The van der Waals surface area contributed by atoms with Crippen LogP contribution in [0.15, 0.2) is 18.2 Å². The highest BCUT2D eigenvalue weighted by molar-refractivity contribution is 9.09. The molecule has 0 aromatic heterocycles. The standard InChI is InChI=1S/C11H7BrF6O2/c12-4-3-8(19)7-2-1-6(10(13,14)15)5-9(7)20-11(16,17)18/h1-2,5H,3-4H2. The molecular formula is C11H7BrF6O2. The van der Waals surface area contributed by atoms with Gasteiger partial charge >= 0.3 is 12.5 Å². The largest absolute Gasteiger partial charge is 0.573 e. The molecule has 0 bridgehead atoms. The minimum absolute atomic E-state index is 0.162. The Labute approximate surface area is 117 Å². The van der Waals surface area contributed by atoms with Crippen molar-refractivity contribution in [3.63, 3.8) is 0 Å². The molecule has 0 atom stereocenters. The maximum atomic E-state index is 12.5.